The molecule has 0 fully saturated rings. The maximum Gasteiger partial charge on any atom is 0.0547 e. The molecule has 3 nitrogen and oxygen atoms in total. The molecule has 117 heavy (non-hydrogen) atoms. The van der Waals surface area contributed by atoms with E-state index in [4.69, 9.17) is 0 Å². The lowest BCUT2D eigenvalue weighted by molar-refractivity contribution is 0.398. The molecule has 11 aromatic carbocycles. The minimum atomic E-state index is -0.139. The van der Waals surface area contributed by atoms with E-state index in [2.05, 4.69) is 294 Å². The highest BCUT2D eigenvalue weighted by atomic mass is 15.1. The van der Waals surface area contributed by atoms with Gasteiger partial charge in [0.1, 0.15) is 0 Å². The standard InChI is InChI=1S/C114H137N3/c1-9-15-21-27-31-44-72-113(73-45-32-28-22-16-10-2)104-76-85(8)58-70-95(104)101-83-112-103(81-106(101)113)98-53-41-43-55-109(98)117(112)110-79-88(50-36-25-19-13-5)99(77-90(110)51-37-26-20-14-6)89-61-71-96-100-82-111-102(80-107(100)114(105(96)78-89,74-46-33-29-23-17-11-3)75-47-34-30-24-18-12-4)97-52-40-42-54-108(97)116(111)94-68-66-93(67-69-94)115(91-62-56-84(7)57-63-91)92-64-59-87(60-65-92)86-48-38-35-39-49-86/h35,38-43,48-49,52-71,76-83H,9-34,36-37,44-47,50-51,72-75H2,1-8H3. The van der Waals surface area contributed by atoms with Gasteiger partial charge in [0.15, 0.2) is 0 Å². The summed E-state index contributed by atoms with van der Waals surface area (Å²) in [5.74, 6) is 0. The van der Waals surface area contributed by atoms with E-state index < -0.39 is 0 Å². The first-order chi connectivity index (χ1) is 57.6. The third-order valence-corrected chi connectivity index (χ3v) is 27.6. The monoisotopic (exact) mass is 1550 g/mol. The molecular formula is C114H137N3. The number of unbranched alkanes of at least 4 members (excludes halogenated alkanes) is 26. The van der Waals surface area contributed by atoms with Crippen molar-refractivity contribution in [3.8, 4) is 55.9 Å². The number of aromatic nitrogens is 2. The number of benzene rings is 11. The third kappa shape index (κ3) is 17.8. The van der Waals surface area contributed by atoms with Gasteiger partial charge in [-0.2, -0.15) is 0 Å². The Labute approximate surface area is 705 Å². The zero-order chi connectivity index (χ0) is 80.5. The first-order valence-corrected chi connectivity index (χ1v) is 47.3. The van der Waals surface area contributed by atoms with Crippen LogP contribution in [0.2, 0.25) is 0 Å². The molecule has 0 bridgehead atoms. The Morgan fingerprint density at radius 3 is 1.13 bits per heavy atom. The summed E-state index contributed by atoms with van der Waals surface area (Å²) in [4.78, 5) is 2.42. The zero-order valence-electron chi connectivity index (χ0n) is 73.1. The SMILES string of the molecule is CCCCCCCCC1(CCCCCCCC)c2cc(-c3cc(CCCCCC)c(-n4c5ccccc5c5cc6c(cc54)-c4ccc(C)cc4C6(CCCCCCCC)CCCCCCCC)cc3CCCCCC)ccc2-c2cc3c(cc21)c1ccccc1n3-c1ccc(N(c2ccc(C)cc2)c2ccc(-c3ccccc3)cc2)cc1. The molecule has 0 atom stereocenters. The summed E-state index contributed by atoms with van der Waals surface area (Å²) in [7, 11) is 0. The van der Waals surface area contributed by atoms with Crippen molar-refractivity contribution in [1.82, 2.24) is 9.13 Å². The van der Waals surface area contributed by atoms with Gasteiger partial charge in [-0.1, -0.05) is 367 Å². The molecule has 3 heteroatoms. The topological polar surface area (TPSA) is 13.1 Å². The van der Waals surface area contributed by atoms with Crippen molar-refractivity contribution >= 4 is 60.7 Å². The Morgan fingerprint density at radius 2 is 0.624 bits per heavy atom. The minimum Gasteiger partial charge on any atom is -0.311 e. The van der Waals surface area contributed by atoms with E-state index in [-0.39, 0.29) is 10.8 Å². The van der Waals surface area contributed by atoms with Crippen LogP contribution < -0.4 is 4.90 Å². The van der Waals surface area contributed by atoms with Crippen molar-refractivity contribution in [2.24, 2.45) is 0 Å². The number of nitrogens with zero attached hydrogens (tertiary/aromatic N) is 3. The van der Waals surface area contributed by atoms with Crippen LogP contribution in [0.4, 0.5) is 17.1 Å². The molecule has 2 aromatic heterocycles. The molecule has 0 N–H and O–H groups in total. The van der Waals surface area contributed by atoms with Crippen LogP contribution in [0.15, 0.2) is 224 Å². The number of aryl methyl sites for hydroxylation is 4. The molecule has 0 saturated carbocycles. The molecule has 2 aliphatic rings. The fraction of sp³-hybridized carbons (Fsp3) is 0.421. The molecule has 608 valence electrons. The predicted molar refractivity (Wildman–Crippen MR) is 510 cm³/mol. The molecule has 13 aromatic rings. The van der Waals surface area contributed by atoms with Gasteiger partial charge in [0.25, 0.3) is 0 Å². The molecule has 0 spiro atoms. The van der Waals surface area contributed by atoms with Crippen LogP contribution >= 0.6 is 0 Å². The van der Waals surface area contributed by atoms with Gasteiger partial charge in [0, 0.05) is 60.8 Å². The van der Waals surface area contributed by atoms with Crippen molar-refractivity contribution < 1.29 is 0 Å². The average molecular weight is 1550 g/mol. The second-order valence-corrected chi connectivity index (χ2v) is 35.9. The molecule has 0 aliphatic heterocycles. The summed E-state index contributed by atoms with van der Waals surface area (Å²) in [5.41, 5.74) is 34.3. The summed E-state index contributed by atoms with van der Waals surface area (Å²) in [6.07, 6.45) is 48.1. The lowest BCUT2D eigenvalue weighted by Gasteiger charge is -2.33. The Hall–Kier alpha value is -9.18. The van der Waals surface area contributed by atoms with Crippen LogP contribution in [0, 0.1) is 13.8 Å². The summed E-state index contributed by atoms with van der Waals surface area (Å²) in [5, 5.41) is 5.52. The van der Waals surface area contributed by atoms with E-state index in [1.165, 1.54) is 353 Å². The van der Waals surface area contributed by atoms with E-state index in [0.717, 1.165) is 29.9 Å². The number of rotatable bonds is 45. The molecule has 0 unspecified atom stereocenters. The maximum absolute atomic E-state index is 2.81. The van der Waals surface area contributed by atoms with Gasteiger partial charge < -0.3 is 14.0 Å². The highest BCUT2D eigenvalue weighted by Crippen LogP contribution is 2.59. The van der Waals surface area contributed by atoms with E-state index >= 15 is 0 Å². The van der Waals surface area contributed by atoms with Gasteiger partial charge in [-0.15, -0.1) is 0 Å². The first kappa shape index (κ1) is 82.9. The number of para-hydroxylation sites is 2. The average Bonchev–Trinajstić information content (AvgIpc) is 1.54. The van der Waals surface area contributed by atoms with Gasteiger partial charge in [-0.25, -0.2) is 0 Å². The van der Waals surface area contributed by atoms with Gasteiger partial charge in [-0.3, -0.25) is 0 Å². The molecular weight excluding hydrogens is 1410 g/mol. The Bertz CT molecular complexity index is 5370. The molecule has 2 aliphatic carbocycles. The van der Waals surface area contributed by atoms with E-state index in [9.17, 15) is 0 Å². The number of hydrogen-bond acceptors (Lipinski definition) is 1. The van der Waals surface area contributed by atoms with Crippen LogP contribution in [0.5, 0.6) is 0 Å². The van der Waals surface area contributed by atoms with Gasteiger partial charge in [0.2, 0.25) is 0 Å². The van der Waals surface area contributed by atoms with Crippen molar-refractivity contribution in [2.45, 2.75) is 310 Å². The smallest absolute Gasteiger partial charge is 0.0547 e. The summed E-state index contributed by atoms with van der Waals surface area (Å²) in [6, 6.07) is 89.3. The van der Waals surface area contributed by atoms with Crippen molar-refractivity contribution in [3.63, 3.8) is 0 Å². The highest BCUT2D eigenvalue weighted by molar-refractivity contribution is 6.13. The fourth-order valence-electron chi connectivity index (χ4n) is 21.3. The van der Waals surface area contributed by atoms with Gasteiger partial charge in [0.05, 0.1) is 22.1 Å². The molecule has 2 heterocycles. The largest absolute Gasteiger partial charge is 0.311 e. The molecule has 0 radical (unpaired) electrons. The van der Waals surface area contributed by atoms with Crippen LogP contribution in [-0.2, 0) is 23.7 Å². The Morgan fingerprint density at radius 1 is 0.248 bits per heavy atom. The number of fused-ring (bicyclic) bond motifs is 12. The van der Waals surface area contributed by atoms with Gasteiger partial charge >= 0.3 is 0 Å². The van der Waals surface area contributed by atoms with Crippen LogP contribution in [0.3, 0.4) is 0 Å². The van der Waals surface area contributed by atoms with Crippen molar-refractivity contribution in [3.05, 3.63) is 269 Å². The van der Waals surface area contributed by atoms with E-state index in [1.807, 2.05) is 0 Å². The zero-order valence-corrected chi connectivity index (χ0v) is 73.1. The van der Waals surface area contributed by atoms with E-state index in [0.29, 0.717) is 0 Å². The summed E-state index contributed by atoms with van der Waals surface area (Å²) >= 11 is 0. The van der Waals surface area contributed by atoms with Crippen LogP contribution in [0.1, 0.15) is 317 Å². The Balaban J connectivity index is 0.891. The second kappa shape index (κ2) is 39.6. The highest BCUT2D eigenvalue weighted by Gasteiger charge is 2.45. The molecule has 15 rings (SSSR count). The van der Waals surface area contributed by atoms with Crippen molar-refractivity contribution in [2.75, 3.05) is 4.90 Å². The first-order valence-electron chi connectivity index (χ1n) is 47.3. The quantitative estimate of drug-likeness (QED) is 0.0347. The number of anilines is 3. The molecule has 0 saturated heterocycles. The second-order valence-electron chi connectivity index (χ2n) is 35.9. The van der Waals surface area contributed by atoms with E-state index in [1.54, 1.807) is 22.3 Å². The summed E-state index contributed by atoms with van der Waals surface area (Å²) in [6.45, 7) is 18.7. The van der Waals surface area contributed by atoms with Gasteiger partial charge in [-0.05, 0) is 246 Å². The van der Waals surface area contributed by atoms with Crippen LogP contribution in [-0.4, -0.2) is 9.13 Å². The minimum absolute atomic E-state index is 0.00299. The fourth-order valence-corrected chi connectivity index (χ4v) is 21.3. The summed E-state index contributed by atoms with van der Waals surface area (Å²) < 4.78 is 5.39. The number of hydrogen-bond donors (Lipinski definition) is 0. The lowest BCUT2D eigenvalue weighted by Crippen LogP contribution is -2.25. The normalized spacial score (nSPS) is 13.2. The van der Waals surface area contributed by atoms with Crippen molar-refractivity contribution in [1.29, 1.82) is 0 Å². The van der Waals surface area contributed by atoms with Crippen LogP contribution in [0.25, 0.3) is 99.5 Å². The molecule has 0 amide bonds. The maximum atomic E-state index is 2.81. The predicted octanol–water partition coefficient (Wildman–Crippen LogP) is 35.1. The lowest BCUT2D eigenvalue weighted by atomic mass is 9.70. The Kier molecular flexibility index (Phi) is 28.1. The third-order valence-electron chi connectivity index (χ3n) is 27.6.